The molecule has 1 saturated heterocycles. The molecule has 24 heavy (non-hydrogen) atoms. The first-order valence-corrected chi connectivity index (χ1v) is 7.91. The molecule has 1 fully saturated rings. The molecule has 7 heteroatoms. The standard InChI is InChI=1S/C17H23F3N2O2/c1-16(2,3)24-15(23)22-6-4-5-11(10-22)12-7-13(17(18,19)20)9-14(21)8-12/h7-9,11H,4-6,10,21H2,1-3H3. The highest BCUT2D eigenvalue weighted by atomic mass is 19.4. The lowest BCUT2D eigenvalue weighted by molar-refractivity contribution is -0.137. The van der Waals surface area contributed by atoms with Crippen molar-refractivity contribution in [1.29, 1.82) is 0 Å². The predicted octanol–water partition coefficient (Wildman–Crippen LogP) is 4.40. The van der Waals surface area contributed by atoms with Gasteiger partial charge in [-0.05, 0) is 57.4 Å². The molecule has 1 amide bonds. The van der Waals surface area contributed by atoms with Crippen molar-refractivity contribution in [2.24, 2.45) is 0 Å². The second-order valence-corrected chi connectivity index (χ2v) is 7.15. The topological polar surface area (TPSA) is 55.6 Å². The highest BCUT2D eigenvalue weighted by Crippen LogP contribution is 2.35. The number of nitrogens with two attached hydrogens (primary N) is 1. The van der Waals surface area contributed by atoms with E-state index >= 15 is 0 Å². The van der Waals surface area contributed by atoms with E-state index in [1.807, 2.05) is 0 Å². The number of piperidine rings is 1. The minimum atomic E-state index is -4.44. The molecule has 134 valence electrons. The van der Waals surface area contributed by atoms with Gasteiger partial charge in [-0.3, -0.25) is 0 Å². The van der Waals surface area contributed by atoms with Crippen LogP contribution in [0.4, 0.5) is 23.7 Å². The number of rotatable bonds is 1. The molecular weight excluding hydrogens is 321 g/mol. The van der Waals surface area contributed by atoms with Gasteiger partial charge in [-0.2, -0.15) is 13.2 Å². The van der Waals surface area contributed by atoms with Crippen molar-refractivity contribution >= 4 is 11.8 Å². The van der Waals surface area contributed by atoms with Crippen LogP contribution >= 0.6 is 0 Å². The number of anilines is 1. The third-order valence-electron chi connectivity index (χ3n) is 3.85. The van der Waals surface area contributed by atoms with Crippen molar-refractivity contribution in [1.82, 2.24) is 4.90 Å². The minimum absolute atomic E-state index is 0.0780. The van der Waals surface area contributed by atoms with E-state index in [4.69, 9.17) is 10.5 Å². The maximum Gasteiger partial charge on any atom is 0.416 e. The number of benzene rings is 1. The minimum Gasteiger partial charge on any atom is -0.444 e. The Morgan fingerprint density at radius 3 is 2.50 bits per heavy atom. The van der Waals surface area contributed by atoms with Crippen LogP contribution in [0.15, 0.2) is 18.2 Å². The Bertz CT molecular complexity index is 609. The first-order chi connectivity index (χ1) is 11.0. The summed E-state index contributed by atoms with van der Waals surface area (Å²) in [6.45, 7) is 6.20. The van der Waals surface area contributed by atoms with Gasteiger partial charge in [-0.1, -0.05) is 0 Å². The third kappa shape index (κ3) is 4.79. The first kappa shape index (κ1) is 18.4. The van der Waals surface area contributed by atoms with Crippen LogP contribution in [0.25, 0.3) is 0 Å². The van der Waals surface area contributed by atoms with Crippen molar-refractivity contribution in [2.45, 2.75) is 51.3 Å². The van der Waals surface area contributed by atoms with E-state index in [-0.39, 0.29) is 11.6 Å². The zero-order chi connectivity index (χ0) is 18.1. The van der Waals surface area contributed by atoms with E-state index in [0.29, 0.717) is 31.5 Å². The molecule has 2 N–H and O–H groups in total. The van der Waals surface area contributed by atoms with Crippen molar-refractivity contribution in [2.75, 3.05) is 18.8 Å². The molecule has 1 aliphatic heterocycles. The lowest BCUT2D eigenvalue weighted by atomic mass is 9.89. The van der Waals surface area contributed by atoms with Crippen molar-refractivity contribution < 1.29 is 22.7 Å². The van der Waals surface area contributed by atoms with Crippen LogP contribution in [0.1, 0.15) is 50.7 Å². The highest BCUT2D eigenvalue weighted by molar-refractivity contribution is 5.68. The van der Waals surface area contributed by atoms with Gasteiger partial charge >= 0.3 is 12.3 Å². The van der Waals surface area contributed by atoms with Gasteiger partial charge in [0.15, 0.2) is 0 Å². The van der Waals surface area contributed by atoms with Gasteiger partial charge < -0.3 is 15.4 Å². The molecule has 0 spiro atoms. The van der Waals surface area contributed by atoms with Gasteiger partial charge in [-0.15, -0.1) is 0 Å². The number of amides is 1. The number of likely N-dealkylation sites (tertiary alicyclic amines) is 1. The summed E-state index contributed by atoms with van der Waals surface area (Å²) in [6, 6.07) is 3.61. The maximum absolute atomic E-state index is 13.0. The molecule has 1 unspecified atom stereocenters. The molecule has 1 atom stereocenters. The highest BCUT2D eigenvalue weighted by Gasteiger charge is 2.33. The summed E-state index contributed by atoms with van der Waals surface area (Å²) >= 11 is 0. The Hall–Kier alpha value is -1.92. The zero-order valence-corrected chi connectivity index (χ0v) is 14.1. The number of alkyl halides is 3. The fourth-order valence-corrected chi connectivity index (χ4v) is 2.82. The van der Waals surface area contributed by atoms with Crippen LogP contribution in [0, 0.1) is 0 Å². The molecule has 1 aliphatic rings. The van der Waals surface area contributed by atoms with Crippen LogP contribution in [0.2, 0.25) is 0 Å². The van der Waals surface area contributed by atoms with Gasteiger partial charge in [-0.25, -0.2) is 4.79 Å². The normalized spacial score (nSPS) is 19.2. The second-order valence-electron chi connectivity index (χ2n) is 7.15. The molecule has 0 saturated carbocycles. The largest absolute Gasteiger partial charge is 0.444 e. The smallest absolute Gasteiger partial charge is 0.416 e. The number of hydrogen-bond donors (Lipinski definition) is 1. The predicted molar refractivity (Wildman–Crippen MR) is 85.6 cm³/mol. The molecule has 1 heterocycles. The van der Waals surface area contributed by atoms with Crippen LogP contribution < -0.4 is 5.73 Å². The van der Waals surface area contributed by atoms with Crippen molar-refractivity contribution in [3.8, 4) is 0 Å². The molecule has 2 rings (SSSR count). The number of nitrogens with zero attached hydrogens (tertiary/aromatic N) is 1. The summed E-state index contributed by atoms with van der Waals surface area (Å²) in [5, 5.41) is 0. The van der Waals surface area contributed by atoms with Gasteiger partial charge in [0.2, 0.25) is 0 Å². The Morgan fingerprint density at radius 1 is 1.25 bits per heavy atom. The number of nitrogen functional groups attached to an aromatic ring is 1. The maximum atomic E-state index is 13.0. The lowest BCUT2D eigenvalue weighted by Gasteiger charge is -2.34. The van der Waals surface area contributed by atoms with E-state index in [1.54, 1.807) is 31.7 Å². The van der Waals surface area contributed by atoms with Crippen molar-refractivity contribution in [3.63, 3.8) is 0 Å². The molecule has 1 aromatic carbocycles. The fraction of sp³-hybridized carbons (Fsp3) is 0.588. The van der Waals surface area contributed by atoms with E-state index in [0.717, 1.165) is 12.1 Å². The SMILES string of the molecule is CC(C)(C)OC(=O)N1CCCC(c2cc(N)cc(C(F)(F)F)c2)C1. The number of carbonyl (C=O) groups is 1. The summed E-state index contributed by atoms with van der Waals surface area (Å²) in [7, 11) is 0. The Labute approximate surface area is 139 Å². The van der Waals surface area contributed by atoms with E-state index in [9.17, 15) is 18.0 Å². The summed E-state index contributed by atoms with van der Waals surface area (Å²) < 4.78 is 44.2. The van der Waals surface area contributed by atoms with Gasteiger partial charge in [0.1, 0.15) is 5.60 Å². The number of halogens is 3. The quantitative estimate of drug-likeness (QED) is 0.768. The molecule has 1 aromatic rings. The summed E-state index contributed by atoms with van der Waals surface area (Å²) in [4.78, 5) is 13.7. The summed E-state index contributed by atoms with van der Waals surface area (Å²) in [5.41, 5.74) is 4.86. The second kappa shape index (κ2) is 6.53. The first-order valence-electron chi connectivity index (χ1n) is 7.91. The Balaban J connectivity index is 2.18. The monoisotopic (exact) mass is 344 g/mol. The zero-order valence-electron chi connectivity index (χ0n) is 14.1. The van der Waals surface area contributed by atoms with Crippen LogP contribution in [-0.4, -0.2) is 29.7 Å². The van der Waals surface area contributed by atoms with Gasteiger partial charge in [0, 0.05) is 24.7 Å². The average molecular weight is 344 g/mol. The van der Waals surface area contributed by atoms with E-state index < -0.39 is 23.4 Å². The Kier molecular flexibility index (Phi) is 5.01. The lowest BCUT2D eigenvalue weighted by Crippen LogP contribution is -2.42. The third-order valence-corrected chi connectivity index (χ3v) is 3.85. The van der Waals surface area contributed by atoms with Gasteiger partial charge in [0.05, 0.1) is 5.56 Å². The Morgan fingerprint density at radius 2 is 1.92 bits per heavy atom. The van der Waals surface area contributed by atoms with Crippen LogP contribution in [-0.2, 0) is 10.9 Å². The van der Waals surface area contributed by atoms with Gasteiger partial charge in [0.25, 0.3) is 0 Å². The number of ether oxygens (including phenoxy) is 1. The molecule has 0 radical (unpaired) electrons. The van der Waals surface area contributed by atoms with E-state index in [2.05, 4.69) is 0 Å². The number of hydrogen-bond acceptors (Lipinski definition) is 3. The van der Waals surface area contributed by atoms with Crippen LogP contribution in [0.3, 0.4) is 0 Å². The molecule has 0 aromatic heterocycles. The molecule has 0 bridgehead atoms. The fourth-order valence-electron chi connectivity index (χ4n) is 2.82. The van der Waals surface area contributed by atoms with E-state index in [1.165, 1.54) is 0 Å². The van der Waals surface area contributed by atoms with Crippen LogP contribution in [0.5, 0.6) is 0 Å². The molecule has 0 aliphatic carbocycles. The molecular formula is C17H23F3N2O2. The summed E-state index contributed by atoms with van der Waals surface area (Å²) in [5.74, 6) is -0.184. The molecule has 4 nitrogen and oxygen atoms in total. The number of carbonyl (C=O) groups excluding carboxylic acids is 1. The average Bonchev–Trinajstić information content (AvgIpc) is 2.44. The summed E-state index contributed by atoms with van der Waals surface area (Å²) in [6.07, 6.45) is -3.46. The van der Waals surface area contributed by atoms with Crippen molar-refractivity contribution in [3.05, 3.63) is 29.3 Å².